The minimum atomic E-state index is -1.03. The molecule has 4 aromatic heterocycles. The molecule has 4 aliphatic heterocycles. The minimum absolute atomic E-state index is 0.0370. The molecular weight excluding hydrogens is 1870 g/mol. The second kappa shape index (κ2) is 52.8. The lowest BCUT2D eigenvalue weighted by molar-refractivity contribution is -0.142. The van der Waals surface area contributed by atoms with Gasteiger partial charge in [0.15, 0.2) is 0 Å². The molecule has 0 bridgehead atoms. The van der Waals surface area contributed by atoms with Gasteiger partial charge in [0.1, 0.15) is 91.1 Å². The predicted molar refractivity (Wildman–Crippen MR) is 533 cm³/mol. The maximum absolute atomic E-state index is 13.9. The lowest BCUT2D eigenvalue weighted by Gasteiger charge is -2.35. The van der Waals surface area contributed by atoms with E-state index < -0.39 is 72.5 Å². The molecule has 5 aromatic carbocycles. The van der Waals surface area contributed by atoms with Gasteiger partial charge < -0.3 is 88.5 Å². The predicted octanol–water partition coefficient (Wildman–Crippen LogP) is 8.90. The number of nitrogens with zero attached hydrogens (tertiary/aromatic N) is 12. The van der Waals surface area contributed by atoms with Crippen molar-refractivity contribution in [2.24, 2.45) is 11.8 Å². The number of halogens is 1. The van der Waals surface area contributed by atoms with Crippen LogP contribution in [0.25, 0.3) is 45.0 Å². The molecule has 43 heteroatoms. The Hall–Kier alpha value is -11.6. The third kappa shape index (κ3) is 28.4. The fraction of sp³-hybridized carbons (Fsp3) is 0.468. The maximum atomic E-state index is 13.9. The highest BCUT2D eigenvalue weighted by atomic mass is 35.5. The summed E-state index contributed by atoms with van der Waals surface area (Å²) in [6.45, 7) is 12.7. The fourth-order valence-electron chi connectivity index (χ4n) is 16.5. The zero-order chi connectivity index (χ0) is 98.2. The fourth-order valence-corrected chi connectivity index (χ4v) is 19.7. The highest BCUT2D eigenvalue weighted by Gasteiger charge is 2.45. The first kappa shape index (κ1) is 106. The molecule has 8 heterocycles. The number of carbonyl (C=O) groups is 12. The normalized spacial score (nSPS) is 18.1. The van der Waals surface area contributed by atoms with E-state index in [0.29, 0.717) is 124 Å². The van der Waals surface area contributed by atoms with Gasteiger partial charge in [0.2, 0.25) is 65.0 Å². The van der Waals surface area contributed by atoms with Gasteiger partial charge in [0.05, 0.1) is 30.8 Å². The summed E-state index contributed by atoms with van der Waals surface area (Å²) in [7, 11) is 5.04. The van der Waals surface area contributed by atoms with Crippen LogP contribution in [0, 0.1) is 11.8 Å². The van der Waals surface area contributed by atoms with Gasteiger partial charge in [-0.2, -0.15) is 11.8 Å². The van der Waals surface area contributed by atoms with Crippen LogP contribution in [0.1, 0.15) is 137 Å². The summed E-state index contributed by atoms with van der Waals surface area (Å²) in [6, 6.07) is 37.4. The average Bonchev–Trinajstić information content (AvgIpc) is 1.76. The number of aromatic nitrogens is 8. The van der Waals surface area contributed by atoms with Crippen molar-refractivity contribution in [3.63, 3.8) is 0 Å². The smallest absolute Gasteiger partial charge is 0.250 e. The van der Waals surface area contributed by atoms with E-state index in [1.807, 2.05) is 141 Å². The van der Waals surface area contributed by atoms with Crippen LogP contribution < -0.4 is 63.8 Å². The Morgan fingerprint density at radius 3 is 1.09 bits per heavy atom. The number of hydrogen-bond acceptors (Lipinski definition) is 30. The van der Waals surface area contributed by atoms with E-state index in [0.717, 1.165) is 120 Å². The van der Waals surface area contributed by atoms with Gasteiger partial charge in [-0.05, 0) is 137 Å². The number of aliphatic hydroxyl groups is 1. The van der Waals surface area contributed by atoms with Crippen LogP contribution in [0.4, 0.5) is 20.0 Å². The SMILES string of the molecule is CC(NCCO)C(=O)N[C@H](C(=O)N1CCC[C@H]1C(=O)Nc1snnc1-c1ccccc1)C1CCCCC1.CN[C@@H](C)C(=O)N[C@@H](CSC)C(=O)N1CCC[C@H]1C(=O)Nc1snnc1-c1ccccc1.CN[C@@H](C)C(=O)N[C@H](C(=O)N1CCC[C@H]1C(=O)Nc1snnc1-c1ccccc1)C(C)C.CN[C@@H](C)C(=O)N[C@H](C(=O)N1CCC[C@H]1C(=O)Nc1snnc1-c1ccccc1)c1ccccc1Cl. The van der Waals surface area contributed by atoms with Crippen LogP contribution in [0.15, 0.2) is 146 Å². The zero-order valence-corrected chi connectivity index (χ0v) is 83.1. The Morgan fingerprint density at radius 2 is 0.737 bits per heavy atom. The molecule has 137 heavy (non-hydrogen) atoms. The van der Waals surface area contributed by atoms with Crippen LogP contribution in [0.5, 0.6) is 0 Å². The number of aliphatic hydroxyl groups excluding tert-OH is 1. The number of hydrogen-bond donors (Lipinski definition) is 13. The third-order valence-corrected chi connectivity index (χ3v) is 28.1. The van der Waals surface area contributed by atoms with E-state index >= 15 is 0 Å². The quantitative estimate of drug-likeness (QED) is 0.0176. The van der Waals surface area contributed by atoms with Crippen molar-refractivity contribution in [1.29, 1.82) is 0 Å². The van der Waals surface area contributed by atoms with Gasteiger partial charge in [0.25, 0.3) is 5.91 Å². The molecule has 5 aliphatic rings. The molecule has 0 spiro atoms. The standard InChI is InChI=1S/C26H36N6O4S.C25H27ClN6O3S.C22H30N6O3S.C21H28N6O3S2/c1-17(27-14-16-33)23(34)28-22(19-11-6-3-7-12-19)26(36)32-15-8-13-20(32)24(35)29-25-21(30-31-37-25)18-9-4-2-5-10-18;1-15(27-2)22(33)28-21(17-11-6-7-12-18(17)26)25(35)32-14-8-13-19(32)23(34)29-24-20(30-31-36-24)16-9-4-3-5-10-16;1-13(2)17(24-19(29)14(3)23-4)22(31)28-12-8-11-16(28)20(30)25-21-18(26-27-32-21)15-9-6-5-7-10-15;1-13(22-2)18(28)23-15(12-31-3)21(30)27-11-7-10-16(27)19(29)24-20-17(25-26-32-20)14-8-5-4-6-9-14/h2,4-5,9-10,17,19-20,22,27,33H,3,6-8,11-16H2,1H3,(H,28,34)(H,29,35);3-7,9-12,15,19,21,27H,8,13-14H2,1-2H3,(H,28,33)(H,29,34);5-7,9-10,13-14,16-17,23H,8,11-12H2,1-4H3,(H,24,29)(H,25,30);4-6,8-9,13,15-16,22H,7,10-12H2,1-3H3,(H,23,28)(H,24,29)/t17?,20-,22-;15-,19-,21-;14-,16-,17-;13-,15-,16-/m0000/s1. The Balaban J connectivity index is 0.000000176. The van der Waals surface area contributed by atoms with Crippen LogP contribution in [-0.4, -0.2) is 273 Å². The first-order valence-corrected chi connectivity index (χ1v) is 50.8. The van der Waals surface area contributed by atoms with E-state index in [1.54, 1.807) is 87.8 Å². The summed E-state index contributed by atoms with van der Waals surface area (Å²) in [5.41, 5.74) is 6.27. The average molecular weight is 1990 g/mol. The number of carbonyl (C=O) groups excluding carboxylic acids is 12. The molecule has 13 N–H and O–H groups in total. The molecule has 1 unspecified atom stereocenters. The summed E-state index contributed by atoms with van der Waals surface area (Å²) < 4.78 is 16.0. The van der Waals surface area contributed by atoms with E-state index in [-0.39, 0.29) is 89.3 Å². The van der Waals surface area contributed by atoms with Gasteiger partial charge in [-0.25, -0.2) is 0 Å². The highest BCUT2D eigenvalue weighted by Crippen LogP contribution is 2.38. The summed E-state index contributed by atoms with van der Waals surface area (Å²) in [6.07, 6.45) is 11.8. The molecule has 1 saturated carbocycles. The van der Waals surface area contributed by atoms with Crippen molar-refractivity contribution in [2.45, 2.75) is 198 Å². The highest BCUT2D eigenvalue weighted by molar-refractivity contribution is 7.98. The lowest BCUT2D eigenvalue weighted by Crippen LogP contribution is -2.58. The molecule has 9 aromatic rings. The van der Waals surface area contributed by atoms with Crippen molar-refractivity contribution >= 4 is 160 Å². The second-order valence-electron chi connectivity index (χ2n) is 34.0. The summed E-state index contributed by atoms with van der Waals surface area (Å²) >= 11 is 12.3. The van der Waals surface area contributed by atoms with Crippen LogP contribution in [-0.2, 0) is 57.5 Å². The molecule has 12 amide bonds. The van der Waals surface area contributed by atoms with E-state index in [2.05, 4.69) is 102 Å². The second-order valence-corrected chi connectivity index (χ2v) is 38.3. The summed E-state index contributed by atoms with van der Waals surface area (Å²) in [4.78, 5) is 164. The molecule has 4 saturated heterocycles. The number of likely N-dealkylation sites (tertiary alicyclic amines) is 4. The van der Waals surface area contributed by atoms with Crippen molar-refractivity contribution in [2.75, 3.05) is 93.7 Å². The Morgan fingerprint density at radius 1 is 0.401 bits per heavy atom. The molecule has 14 rings (SSSR count). The van der Waals surface area contributed by atoms with Crippen LogP contribution >= 0.6 is 69.5 Å². The Kier molecular flexibility index (Phi) is 40.8. The lowest BCUT2D eigenvalue weighted by atomic mass is 9.83. The van der Waals surface area contributed by atoms with Crippen molar-refractivity contribution in [3.8, 4) is 45.0 Å². The van der Waals surface area contributed by atoms with E-state index in [4.69, 9.17) is 16.7 Å². The Bertz CT molecular complexity index is 5510. The molecule has 732 valence electrons. The number of thioether (sulfide) groups is 1. The maximum Gasteiger partial charge on any atom is 0.250 e. The van der Waals surface area contributed by atoms with Crippen molar-refractivity contribution < 1.29 is 62.6 Å². The first-order valence-electron chi connectivity index (χ1n) is 46.0. The monoisotopic (exact) mass is 1990 g/mol. The van der Waals surface area contributed by atoms with E-state index in [9.17, 15) is 57.5 Å². The van der Waals surface area contributed by atoms with Gasteiger partial charge in [-0.3, -0.25) is 57.5 Å². The first-order chi connectivity index (χ1) is 66.2. The van der Waals surface area contributed by atoms with Gasteiger partial charge in [0, 0.05) is 117 Å². The minimum Gasteiger partial charge on any atom is -0.395 e. The van der Waals surface area contributed by atoms with Gasteiger partial charge in [-0.15, -0.1) is 20.4 Å². The number of benzene rings is 5. The number of nitrogens with one attached hydrogen (secondary N) is 12. The van der Waals surface area contributed by atoms with Crippen molar-refractivity contribution in [3.05, 3.63) is 156 Å². The Labute approximate surface area is 822 Å². The van der Waals surface area contributed by atoms with Crippen molar-refractivity contribution in [1.82, 2.24) is 100 Å². The number of amides is 12. The number of anilines is 4. The summed E-state index contributed by atoms with van der Waals surface area (Å²) in [5.74, 6) is -2.94. The zero-order valence-electron chi connectivity index (χ0n) is 78.2. The van der Waals surface area contributed by atoms with Crippen LogP contribution in [0.3, 0.4) is 0 Å². The molecular formula is C94H121ClN24O13S5. The molecule has 37 nitrogen and oxygen atoms in total. The van der Waals surface area contributed by atoms with Crippen LogP contribution in [0.2, 0.25) is 5.02 Å². The topological polar surface area (TPSA) is 486 Å². The molecule has 0 radical (unpaired) electrons. The molecule has 12 atom stereocenters. The van der Waals surface area contributed by atoms with E-state index in [1.165, 1.54) is 16.7 Å². The number of rotatable bonds is 35. The molecule has 1 aliphatic carbocycles. The largest absolute Gasteiger partial charge is 0.395 e. The van der Waals surface area contributed by atoms with Gasteiger partial charge in [-0.1, -0.05) is 202 Å². The third-order valence-electron chi connectivity index (χ3n) is 24.5. The summed E-state index contributed by atoms with van der Waals surface area (Å²) in [5, 5.41) is 63.0. The van der Waals surface area contributed by atoms with Gasteiger partial charge >= 0.3 is 0 Å². The molecule has 5 fully saturated rings. The number of likely N-dealkylation sites (N-methyl/N-ethyl adjacent to an activating group) is 3.